The van der Waals surface area contributed by atoms with Crippen LogP contribution in [0.5, 0.6) is 0 Å². The van der Waals surface area contributed by atoms with E-state index in [2.05, 4.69) is 24.3 Å². The van der Waals surface area contributed by atoms with E-state index in [-0.39, 0.29) is 30.5 Å². The number of aliphatic hydroxyl groups is 1. The molecule has 2 rings (SSSR count). The average Bonchev–Trinajstić information content (AvgIpc) is 2.69. The van der Waals surface area contributed by atoms with Crippen LogP contribution in [0.2, 0.25) is 0 Å². The van der Waals surface area contributed by atoms with Crippen LogP contribution in [0.15, 0.2) is 6.20 Å². The third-order valence-corrected chi connectivity index (χ3v) is 4.49. The number of nitrogens with zero attached hydrogens (tertiary/aromatic N) is 2. The normalized spacial score (nSPS) is 23.1. The van der Waals surface area contributed by atoms with E-state index in [1.165, 1.54) is 6.42 Å². The van der Waals surface area contributed by atoms with Crippen molar-refractivity contribution in [1.29, 1.82) is 0 Å². The maximum Gasteiger partial charge on any atom is 0.254 e. The van der Waals surface area contributed by atoms with Gasteiger partial charge in [0.1, 0.15) is 0 Å². The Labute approximate surface area is 126 Å². The van der Waals surface area contributed by atoms with Gasteiger partial charge in [-0.3, -0.25) is 9.48 Å². The number of hydrogen-bond donors (Lipinski definition) is 2. The molecule has 0 saturated heterocycles. The van der Waals surface area contributed by atoms with Crippen LogP contribution in [0.25, 0.3) is 0 Å². The summed E-state index contributed by atoms with van der Waals surface area (Å²) in [6.07, 6.45) is 7.04. The Morgan fingerprint density at radius 1 is 1.43 bits per heavy atom. The topological polar surface area (TPSA) is 67.2 Å². The molecular weight excluding hydrogens is 266 g/mol. The number of rotatable bonds is 4. The summed E-state index contributed by atoms with van der Waals surface area (Å²) >= 11 is 0. The molecule has 5 heteroatoms. The van der Waals surface area contributed by atoms with Crippen molar-refractivity contribution in [2.24, 2.45) is 5.92 Å². The SMILES string of the molecule is Cc1c(C(=O)NC2CCCCCC2CO)cnn1C(C)C. The molecule has 1 heterocycles. The van der Waals surface area contributed by atoms with Crippen LogP contribution in [-0.4, -0.2) is 33.4 Å². The third kappa shape index (κ3) is 3.64. The minimum Gasteiger partial charge on any atom is -0.396 e. The standard InChI is InChI=1S/C16H27N3O2/c1-11(2)19-12(3)14(9-17-19)16(21)18-15-8-6-4-5-7-13(15)10-20/h9,11,13,15,20H,4-8,10H2,1-3H3,(H,18,21). The highest BCUT2D eigenvalue weighted by Gasteiger charge is 2.26. The van der Waals surface area contributed by atoms with Crippen LogP contribution >= 0.6 is 0 Å². The number of carbonyl (C=O) groups excluding carboxylic acids is 1. The monoisotopic (exact) mass is 293 g/mol. The fourth-order valence-corrected chi connectivity index (χ4v) is 3.21. The summed E-state index contributed by atoms with van der Waals surface area (Å²) in [6.45, 7) is 6.18. The summed E-state index contributed by atoms with van der Waals surface area (Å²) in [5, 5.41) is 16.9. The van der Waals surface area contributed by atoms with Gasteiger partial charge < -0.3 is 10.4 Å². The molecule has 1 aromatic rings. The van der Waals surface area contributed by atoms with Crippen molar-refractivity contribution in [3.05, 3.63) is 17.5 Å². The maximum atomic E-state index is 12.5. The van der Waals surface area contributed by atoms with Crippen LogP contribution in [0.3, 0.4) is 0 Å². The van der Waals surface area contributed by atoms with Gasteiger partial charge in [0.05, 0.1) is 11.8 Å². The van der Waals surface area contributed by atoms with Gasteiger partial charge in [-0.2, -0.15) is 5.10 Å². The third-order valence-electron chi connectivity index (χ3n) is 4.49. The second-order valence-electron chi connectivity index (χ2n) is 6.34. The number of aliphatic hydroxyl groups excluding tert-OH is 1. The molecule has 5 nitrogen and oxygen atoms in total. The molecular formula is C16H27N3O2. The molecule has 1 aliphatic carbocycles. The fourth-order valence-electron chi connectivity index (χ4n) is 3.21. The second kappa shape index (κ2) is 7.07. The molecule has 1 aliphatic rings. The fraction of sp³-hybridized carbons (Fsp3) is 0.750. The molecule has 1 aromatic heterocycles. The first-order chi connectivity index (χ1) is 10.0. The summed E-state index contributed by atoms with van der Waals surface area (Å²) in [5.74, 6) is 0.113. The van der Waals surface area contributed by atoms with Crippen molar-refractivity contribution >= 4 is 5.91 Å². The molecule has 0 aliphatic heterocycles. The minimum absolute atomic E-state index is 0.0650. The Hall–Kier alpha value is -1.36. The van der Waals surface area contributed by atoms with Crippen molar-refractivity contribution in [2.45, 2.75) is 65.0 Å². The smallest absolute Gasteiger partial charge is 0.254 e. The number of nitrogens with one attached hydrogen (secondary N) is 1. The lowest BCUT2D eigenvalue weighted by Gasteiger charge is -2.24. The molecule has 0 aromatic carbocycles. The number of carbonyl (C=O) groups is 1. The van der Waals surface area contributed by atoms with Crippen molar-refractivity contribution in [2.75, 3.05) is 6.61 Å². The largest absolute Gasteiger partial charge is 0.396 e. The predicted octanol–water partition coefficient (Wildman–Crippen LogP) is 2.44. The number of hydrogen-bond acceptors (Lipinski definition) is 3. The van der Waals surface area contributed by atoms with Gasteiger partial charge >= 0.3 is 0 Å². The number of aromatic nitrogens is 2. The van der Waals surface area contributed by atoms with E-state index in [0.29, 0.717) is 5.56 Å². The summed E-state index contributed by atoms with van der Waals surface area (Å²) in [6, 6.07) is 0.321. The first-order valence-corrected chi connectivity index (χ1v) is 8.00. The molecule has 0 bridgehead atoms. The zero-order chi connectivity index (χ0) is 15.4. The Balaban J connectivity index is 2.09. The molecule has 118 valence electrons. The van der Waals surface area contributed by atoms with Crippen LogP contribution in [0, 0.1) is 12.8 Å². The maximum absolute atomic E-state index is 12.5. The van der Waals surface area contributed by atoms with Crippen LogP contribution in [-0.2, 0) is 0 Å². The molecule has 2 N–H and O–H groups in total. The van der Waals surface area contributed by atoms with Crippen molar-refractivity contribution in [3.63, 3.8) is 0 Å². The predicted molar refractivity (Wildman–Crippen MR) is 82.3 cm³/mol. The zero-order valence-electron chi connectivity index (χ0n) is 13.3. The Kier molecular flexibility index (Phi) is 5.39. The van der Waals surface area contributed by atoms with E-state index in [1.54, 1.807) is 6.20 Å². The highest BCUT2D eigenvalue weighted by atomic mass is 16.3. The number of amides is 1. The minimum atomic E-state index is -0.0650. The lowest BCUT2D eigenvalue weighted by Crippen LogP contribution is -2.41. The molecule has 1 fully saturated rings. The van der Waals surface area contributed by atoms with Crippen molar-refractivity contribution in [1.82, 2.24) is 15.1 Å². The lowest BCUT2D eigenvalue weighted by molar-refractivity contribution is 0.0898. The van der Waals surface area contributed by atoms with Gasteiger partial charge in [-0.05, 0) is 33.6 Å². The first-order valence-electron chi connectivity index (χ1n) is 8.00. The second-order valence-corrected chi connectivity index (χ2v) is 6.34. The molecule has 2 unspecified atom stereocenters. The highest BCUT2D eigenvalue weighted by molar-refractivity contribution is 5.95. The first kappa shape index (κ1) is 16.0. The molecule has 0 radical (unpaired) electrons. The molecule has 2 atom stereocenters. The van der Waals surface area contributed by atoms with E-state index >= 15 is 0 Å². The van der Waals surface area contributed by atoms with Crippen molar-refractivity contribution in [3.8, 4) is 0 Å². The van der Waals surface area contributed by atoms with Gasteiger partial charge in [0.2, 0.25) is 0 Å². The van der Waals surface area contributed by atoms with Gasteiger partial charge in [-0.1, -0.05) is 19.3 Å². The molecule has 1 amide bonds. The van der Waals surface area contributed by atoms with E-state index < -0.39 is 0 Å². The van der Waals surface area contributed by atoms with Crippen LogP contribution in [0.4, 0.5) is 0 Å². The zero-order valence-corrected chi connectivity index (χ0v) is 13.3. The van der Waals surface area contributed by atoms with Gasteiger partial charge in [0, 0.05) is 30.3 Å². The average molecular weight is 293 g/mol. The van der Waals surface area contributed by atoms with Crippen LogP contribution in [0.1, 0.15) is 68.0 Å². The summed E-state index contributed by atoms with van der Waals surface area (Å²) < 4.78 is 1.87. The van der Waals surface area contributed by atoms with Gasteiger partial charge in [-0.15, -0.1) is 0 Å². The highest BCUT2D eigenvalue weighted by Crippen LogP contribution is 2.24. The van der Waals surface area contributed by atoms with E-state index in [1.807, 2.05) is 11.6 Å². The Bertz CT molecular complexity index is 482. The quantitative estimate of drug-likeness (QED) is 0.838. The van der Waals surface area contributed by atoms with Gasteiger partial charge in [0.25, 0.3) is 5.91 Å². The summed E-state index contributed by atoms with van der Waals surface area (Å²) in [4.78, 5) is 12.5. The summed E-state index contributed by atoms with van der Waals surface area (Å²) in [7, 11) is 0. The van der Waals surface area contributed by atoms with E-state index in [0.717, 1.165) is 31.4 Å². The molecule has 21 heavy (non-hydrogen) atoms. The van der Waals surface area contributed by atoms with Gasteiger partial charge in [0.15, 0.2) is 0 Å². The molecule has 0 spiro atoms. The van der Waals surface area contributed by atoms with E-state index in [4.69, 9.17) is 0 Å². The lowest BCUT2D eigenvalue weighted by atomic mass is 9.95. The van der Waals surface area contributed by atoms with Gasteiger partial charge in [-0.25, -0.2) is 0 Å². The summed E-state index contributed by atoms with van der Waals surface area (Å²) in [5.41, 5.74) is 1.54. The Morgan fingerprint density at radius 3 is 2.76 bits per heavy atom. The van der Waals surface area contributed by atoms with Crippen molar-refractivity contribution < 1.29 is 9.90 Å². The van der Waals surface area contributed by atoms with Crippen LogP contribution < -0.4 is 5.32 Å². The molecule has 1 saturated carbocycles. The van der Waals surface area contributed by atoms with E-state index in [9.17, 15) is 9.90 Å². The Morgan fingerprint density at radius 2 is 2.14 bits per heavy atom.